The number of phenols is 1. The number of hydrogen-bond donors (Lipinski definition) is 2. The minimum atomic E-state index is -0.517. The summed E-state index contributed by atoms with van der Waals surface area (Å²) in [4.78, 5) is 0. The van der Waals surface area contributed by atoms with Gasteiger partial charge in [0.2, 0.25) is 0 Å². The molecular weight excluding hydrogens is 236 g/mol. The summed E-state index contributed by atoms with van der Waals surface area (Å²) in [5.74, 6) is -1.01. The number of phenolic OH excluding ortho intramolecular Hbond substituents is 1. The summed E-state index contributed by atoms with van der Waals surface area (Å²) in [6.07, 6.45) is 0. The number of aromatic hydroxyl groups is 1. The van der Waals surface area contributed by atoms with E-state index < -0.39 is 5.82 Å². The van der Waals surface area contributed by atoms with Crippen molar-refractivity contribution in [2.45, 2.75) is 13.5 Å². The topological polar surface area (TPSA) is 32.3 Å². The molecule has 0 aliphatic rings. The van der Waals surface area contributed by atoms with Crippen LogP contribution >= 0.6 is 0 Å². The van der Waals surface area contributed by atoms with Crippen molar-refractivity contribution in [3.63, 3.8) is 0 Å². The molecule has 0 saturated heterocycles. The molecule has 2 rings (SSSR count). The number of halogens is 2. The maximum Gasteiger partial charge on any atom is 0.146 e. The van der Waals surface area contributed by atoms with Gasteiger partial charge in [-0.1, -0.05) is 6.07 Å². The number of benzene rings is 2. The predicted molar refractivity (Wildman–Crippen MR) is 66.5 cm³/mol. The summed E-state index contributed by atoms with van der Waals surface area (Å²) >= 11 is 0. The zero-order valence-electron chi connectivity index (χ0n) is 9.87. The molecule has 0 amide bonds. The molecule has 0 atom stereocenters. The molecule has 0 unspecified atom stereocenters. The molecule has 0 heterocycles. The molecule has 0 radical (unpaired) electrons. The van der Waals surface area contributed by atoms with Crippen molar-refractivity contribution in [1.82, 2.24) is 0 Å². The third-order valence-corrected chi connectivity index (χ3v) is 2.55. The summed E-state index contributed by atoms with van der Waals surface area (Å²) in [5, 5.41) is 12.1. The van der Waals surface area contributed by atoms with Crippen molar-refractivity contribution in [2.24, 2.45) is 0 Å². The Balaban J connectivity index is 2.11. The van der Waals surface area contributed by atoms with E-state index >= 15 is 0 Å². The lowest BCUT2D eigenvalue weighted by Crippen LogP contribution is -2.02. The number of rotatable bonds is 3. The van der Waals surface area contributed by atoms with Crippen LogP contribution in [0.2, 0.25) is 0 Å². The van der Waals surface area contributed by atoms with Gasteiger partial charge in [0.05, 0.1) is 5.69 Å². The maximum atomic E-state index is 13.5. The highest BCUT2D eigenvalue weighted by atomic mass is 19.1. The van der Waals surface area contributed by atoms with Gasteiger partial charge in [0.15, 0.2) is 0 Å². The van der Waals surface area contributed by atoms with Gasteiger partial charge in [-0.3, -0.25) is 0 Å². The van der Waals surface area contributed by atoms with Crippen LogP contribution in [0.4, 0.5) is 14.5 Å². The van der Waals surface area contributed by atoms with E-state index in [0.29, 0.717) is 11.3 Å². The number of nitrogens with one attached hydrogen (secondary N) is 1. The Bertz CT molecular complexity index is 549. The lowest BCUT2D eigenvalue weighted by Gasteiger charge is -2.08. The van der Waals surface area contributed by atoms with Gasteiger partial charge in [-0.15, -0.1) is 0 Å². The van der Waals surface area contributed by atoms with Gasteiger partial charge in [-0.25, -0.2) is 8.78 Å². The fraction of sp³-hybridized carbons (Fsp3) is 0.143. The van der Waals surface area contributed by atoms with Gasteiger partial charge in [0, 0.05) is 12.6 Å². The molecule has 18 heavy (non-hydrogen) atoms. The van der Waals surface area contributed by atoms with Crippen LogP contribution in [0.15, 0.2) is 36.4 Å². The number of anilines is 1. The third kappa shape index (κ3) is 2.97. The minimum absolute atomic E-state index is 0.142. The largest absolute Gasteiger partial charge is 0.508 e. The second kappa shape index (κ2) is 5.04. The van der Waals surface area contributed by atoms with Gasteiger partial charge < -0.3 is 10.4 Å². The summed E-state index contributed by atoms with van der Waals surface area (Å²) < 4.78 is 26.5. The Morgan fingerprint density at radius 1 is 1.11 bits per heavy atom. The Labute approximate surface area is 104 Å². The second-order valence-corrected chi connectivity index (χ2v) is 4.15. The molecule has 94 valence electrons. The van der Waals surface area contributed by atoms with Gasteiger partial charge in [0.25, 0.3) is 0 Å². The van der Waals surface area contributed by atoms with Gasteiger partial charge in [-0.2, -0.15) is 0 Å². The van der Waals surface area contributed by atoms with E-state index in [1.54, 1.807) is 19.1 Å². The van der Waals surface area contributed by atoms with Crippen molar-refractivity contribution >= 4 is 5.69 Å². The molecule has 0 saturated carbocycles. The van der Waals surface area contributed by atoms with Crippen LogP contribution in [-0.4, -0.2) is 5.11 Å². The second-order valence-electron chi connectivity index (χ2n) is 4.15. The SMILES string of the molecule is Cc1ccc(NCc2cc(O)cc(F)c2)c(F)c1. The molecule has 0 aliphatic carbocycles. The van der Waals surface area contributed by atoms with Gasteiger partial charge in [0.1, 0.15) is 17.4 Å². The quantitative estimate of drug-likeness (QED) is 0.871. The summed E-state index contributed by atoms with van der Waals surface area (Å²) in [5.41, 5.74) is 1.73. The number of aryl methyl sites for hydroxylation is 1. The lowest BCUT2D eigenvalue weighted by atomic mass is 10.2. The Kier molecular flexibility index (Phi) is 3.46. The summed E-state index contributed by atoms with van der Waals surface area (Å²) in [6.45, 7) is 2.04. The van der Waals surface area contributed by atoms with Crippen molar-refractivity contribution in [2.75, 3.05) is 5.32 Å². The van der Waals surface area contributed by atoms with Crippen molar-refractivity contribution in [1.29, 1.82) is 0 Å². The van der Waals surface area contributed by atoms with Crippen LogP contribution in [-0.2, 0) is 6.54 Å². The molecule has 2 aromatic rings. The fourth-order valence-corrected chi connectivity index (χ4v) is 1.70. The molecule has 2 nitrogen and oxygen atoms in total. The van der Waals surface area contributed by atoms with Crippen LogP contribution in [0.25, 0.3) is 0 Å². The van der Waals surface area contributed by atoms with E-state index in [4.69, 9.17) is 0 Å². The monoisotopic (exact) mass is 249 g/mol. The molecule has 4 heteroatoms. The zero-order chi connectivity index (χ0) is 13.1. The average molecular weight is 249 g/mol. The Morgan fingerprint density at radius 2 is 1.89 bits per heavy atom. The van der Waals surface area contributed by atoms with E-state index in [2.05, 4.69) is 5.32 Å². The van der Waals surface area contributed by atoms with Crippen LogP contribution in [0.3, 0.4) is 0 Å². The first-order chi connectivity index (χ1) is 8.54. The molecule has 0 fully saturated rings. The van der Waals surface area contributed by atoms with Gasteiger partial charge in [-0.05, 0) is 42.3 Å². The van der Waals surface area contributed by atoms with E-state index in [1.807, 2.05) is 0 Å². The molecule has 0 aromatic heterocycles. The van der Waals surface area contributed by atoms with Crippen LogP contribution in [0, 0.1) is 18.6 Å². The normalized spacial score (nSPS) is 10.4. The standard InChI is InChI=1S/C14H13F2NO/c1-9-2-3-14(13(16)4-9)17-8-10-5-11(15)7-12(18)6-10/h2-7,17-18H,8H2,1H3. The first kappa shape index (κ1) is 12.4. The summed E-state index contributed by atoms with van der Waals surface area (Å²) in [7, 11) is 0. The highest BCUT2D eigenvalue weighted by Crippen LogP contribution is 2.18. The van der Waals surface area contributed by atoms with Crippen LogP contribution in [0.1, 0.15) is 11.1 Å². The van der Waals surface area contributed by atoms with Gasteiger partial charge >= 0.3 is 0 Å². The lowest BCUT2D eigenvalue weighted by molar-refractivity contribution is 0.468. The fourth-order valence-electron chi connectivity index (χ4n) is 1.70. The van der Waals surface area contributed by atoms with Crippen molar-refractivity contribution in [3.05, 3.63) is 59.2 Å². The third-order valence-electron chi connectivity index (χ3n) is 2.55. The van der Waals surface area contributed by atoms with E-state index in [-0.39, 0.29) is 18.1 Å². The van der Waals surface area contributed by atoms with E-state index in [9.17, 15) is 13.9 Å². The van der Waals surface area contributed by atoms with Crippen molar-refractivity contribution in [3.8, 4) is 5.75 Å². The smallest absolute Gasteiger partial charge is 0.146 e. The molecule has 0 bridgehead atoms. The van der Waals surface area contributed by atoms with E-state index in [0.717, 1.165) is 11.6 Å². The highest BCUT2D eigenvalue weighted by Gasteiger charge is 2.03. The first-order valence-corrected chi connectivity index (χ1v) is 5.53. The predicted octanol–water partition coefficient (Wildman–Crippen LogP) is 3.59. The van der Waals surface area contributed by atoms with Crippen LogP contribution in [0.5, 0.6) is 5.75 Å². The zero-order valence-corrected chi connectivity index (χ0v) is 9.87. The maximum absolute atomic E-state index is 13.5. The Morgan fingerprint density at radius 3 is 2.56 bits per heavy atom. The van der Waals surface area contributed by atoms with E-state index in [1.165, 1.54) is 18.2 Å². The van der Waals surface area contributed by atoms with Crippen LogP contribution < -0.4 is 5.32 Å². The molecule has 0 aliphatic heterocycles. The first-order valence-electron chi connectivity index (χ1n) is 5.53. The molecular formula is C14H13F2NO. The minimum Gasteiger partial charge on any atom is -0.508 e. The highest BCUT2D eigenvalue weighted by molar-refractivity contribution is 5.47. The molecule has 2 aromatic carbocycles. The average Bonchev–Trinajstić information content (AvgIpc) is 2.26. The van der Waals surface area contributed by atoms with Crippen molar-refractivity contribution < 1.29 is 13.9 Å². The molecule has 0 spiro atoms. The summed E-state index contributed by atoms with van der Waals surface area (Å²) in [6, 6.07) is 8.58. The Hall–Kier alpha value is -2.10. The number of hydrogen-bond acceptors (Lipinski definition) is 2. The molecule has 2 N–H and O–H groups in total.